The van der Waals surface area contributed by atoms with Gasteiger partial charge in [-0.2, -0.15) is 5.10 Å². The van der Waals surface area contributed by atoms with Crippen molar-refractivity contribution in [3.63, 3.8) is 0 Å². The number of piperidine rings is 1. The van der Waals surface area contributed by atoms with Crippen molar-refractivity contribution in [2.24, 2.45) is 11.0 Å². The van der Waals surface area contributed by atoms with Crippen LogP contribution in [0.15, 0.2) is 53.6 Å². The number of esters is 1. The van der Waals surface area contributed by atoms with Gasteiger partial charge in [0.05, 0.1) is 30.8 Å². The van der Waals surface area contributed by atoms with Gasteiger partial charge in [-0.05, 0) is 50.9 Å². The standard InChI is InChI=1S/C26H30FN3O3/c1-3-33-26(32)21-7-5-13-29(16-21)17-25(31)30-24(19-11-9-18(2)10-12-19)15-23(28-30)20-6-4-8-22(27)14-20/h4,6,8-12,14,21,24H,3,5,7,13,15-17H2,1-2H3/t21-,24+/m0/s1. The van der Waals surface area contributed by atoms with Crippen LogP contribution in [0.1, 0.15) is 48.9 Å². The van der Waals surface area contributed by atoms with Crippen molar-refractivity contribution < 1.29 is 18.7 Å². The lowest BCUT2D eigenvalue weighted by molar-refractivity contribution is -0.150. The predicted octanol–water partition coefficient (Wildman–Crippen LogP) is 4.09. The van der Waals surface area contributed by atoms with Gasteiger partial charge in [-0.15, -0.1) is 0 Å². The van der Waals surface area contributed by atoms with Crippen LogP contribution in [-0.4, -0.2) is 53.7 Å². The molecule has 2 aromatic rings. The van der Waals surface area contributed by atoms with Crippen molar-refractivity contribution in [2.45, 2.75) is 39.2 Å². The van der Waals surface area contributed by atoms with Crippen LogP contribution in [0, 0.1) is 18.7 Å². The summed E-state index contributed by atoms with van der Waals surface area (Å²) in [6.07, 6.45) is 2.14. The third-order valence-corrected chi connectivity index (χ3v) is 6.27. The summed E-state index contributed by atoms with van der Waals surface area (Å²) in [5.41, 5.74) is 3.51. The van der Waals surface area contributed by atoms with Gasteiger partial charge in [-0.3, -0.25) is 14.5 Å². The highest BCUT2D eigenvalue weighted by molar-refractivity contribution is 6.03. The van der Waals surface area contributed by atoms with E-state index in [1.165, 1.54) is 12.1 Å². The van der Waals surface area contributed by atoms with Crippen molar-refractivity contribution in [2.75, 3.05) is 26.2 Å². The molecule has 2 aliphatic rings. The van der Waals surface area contributed by atoms with Crippen LogP contribution >= 0.6 is 0 Å². The van der Waals surface area contributed by atoms with E-state index in [1.807, 2.05) is 42.2 Å². The van der Waals surface area contributed by atoms with Crippen LogP contribution < -0.4 is 0 Å². The van der Waals surface area contributed by atoms with Crippen molar-refractivity contribution >= 4 is 17.6 Å². The number of carbonyl (C=O) groups excluding carboxylic acids is 2. The average molecular weight is 452 g/mol. The minimum absolute atomic E-state index is 0.128. The zero-order valence-electron chi connectivity index (χ0n) is 19.2. The zero-order valence-corrected chi connectivity index (χ0v) is 19.2. The highest BCUT2D eigenvalue weighted by Crippen LogP contribution is 2.33. The Kier molecular flexibility index (Phi) is 7.18. The van der Waals surface area contributed by atoms with Crippen LogP contribution in [0.5, 0.6) is 0 Å². The van der Waals surface area contributed by atoms with Gasteiger partial charge in [0, 0.05) is 18.5 Å². The number of aryl methyl sites for hydroxylation is 1. The molecule has 2 aromatic carbocycles. The highest BCUT2D eigenvalue weighted by atomic mass is 19.1. The molecule has 2 atom stereocenters. The highest BCUT2D eigenvalue weighted by Gasteiger charge is 2.35. The normalized spacial score (nSPS) is 21.1. The number of hydrazone groups is 1. The van der Waals surface area contributed by atoms with E-state index in [-0.39, 0.29) is 36.2 Å². The second kappa shape index (κ2) is 10.3. The van der Waals surface area contributed by atoms with Crippen molar-refractivity contribution in [1.29, 1.82) is 0 Å². The van der Waals surface area contributed by atoms with E-state index in [0.717, 1.165) is 30.5 Å². The summed E-state index contributed by atoms with van der Waals surface area (Å²) in [5, 5.41) is 6.18. The molecule has 0 N–H and O–H groups in total. The summed E-state index contributed by atoms with van der Waals surface area (Å²) < 4.78 is 19.0. The number of halogens is 1. The third kappa shape index (κ3) is 5.47. The summed E-state index contributed by atoms with van der Waals surface area (Å²) in [6, 6.07) is 14.1. The molecule has 2 heterocycles. The molecule has 0 radical (unpaired) electrons. The number of hydrogen-bond acceptors (Lipinski definition) is 5. The van der Waals surface area contributed by atoms with Gasteiger partial charge in [0.2, 0.25) is 0 Å². The molecule has 0 saturated carbocycles. The van der Waals surface area contributed by atoms with E-state index in [2.05, 4.69) is 5.10 Å². The Bertz CT molecular complexity index is 1040. The predicted molar refractivity (Wildman–Crippen MR) is 124 cm³/mol. The molecule has 0 spiro atoms. The van der Waals surface area contributed by atoms with Crippen LogP contribution in [0.2, 0.25) is 0 Å². The van der Waals surface area contributed by atoms with E-state index >= 15 is 0 Å². The number of rotatable bonds is 6. The second-order valence-electron chi connectivity index (χ2n) is 8.75. The summed E-state index contributed by atoms with van der Waals surface area (Å²) in [4.78, 5) is 27.6. The Morgan fingerprint density at radius 2 is 1.97 bits per heavy atom. The summed E-state index contributed by atoms with van der Waals surface area (Å²) in [7, 11) is 0. The Hall–Kier alpha value is -3.06. The minimum atomic E-state index is -0.329. The van der Waals surface area contributed by atoms with E-state index in [9.17, 15) is 14.0 Å². The lowest BCUT2D eigenvalue weighted by Crippen LogP contribution is -2.44. The number of hydrogen-bond donors (Lipinski definition) is 0. The number of benzene rings is 2. The molecule has 0 bridgehead atoms. The number of ether oxygens (including phenoxy) is 1. The van der Waals surface area contributed by atoms with E-state index in [1.54, 1.807) is 18.0 Å². The number of amides is 1. The van der Waals surface area contributed by atoms with Crippen LogP contribution in [0.4, 0.5) is 4.39 Å². The average Bonchev–Trinajstić information content (AvgIpc) is 3.26. The maximum absolute atomic E-state index is 13.8. The first-order valence-corrected chi connectivity index (χ1v) is 11.6. The summed E-state index contributed by atoms with van der Waals surface area (Å²) in [5.74, 6) is -0.856. The Morgan fingerprint density at radius 1 is 1.18 bits per heavy atom. The quantitative estimate of drug-likeness (QED) is 0.621. The van der Waals surface area contributed by atoms with Crippen LogP contribution in [0.25, 0.3) is 0 Å². The number of nitrogens with zero attached hydrogens (tertiary/aromatic N) is 3. The van der Waals surface area contributed by atoms with E-state index < -0.39 is 0 Å². The molecule has 1 amide bonds. The molecule has 1 fully saturated rings. The molecule has 0 aromatic heterocycles. The lowest BCUT2D eigenvalue weighted by Gasteiger charge is -2.32. The molecule has 1 saturated heterocycles. The van der Waals surface area contributed by atoms with Crippen molar-refractivity contribution in [3.05, 3.63) is 71.0 Å². The molecule has 4 rings (SSSR count). The van der Waals surface area contributed by atoms with Gasteiger partial charge in [-0.1, -0.05) is 42.0 Å². The molecular weight excluding hydrogens is 421 g/mol. The zero-order chi connectivity index (χ0) is 23.4. The van der Waals surface area contributed by atoms with Gasteiger partial charge in [0.25, 0.3) is 5.91 Å². The van der Waals surface area contributed by atoms with Gasteiger partial charge in [0.1, 0.15) is 5.82 Å². The molecule has 0 unspecified atom stereocenters. The third-order valence-electron chi connectivity index (χ3n) is 6.27. The molecule has 174 valence electrons. The van der Waals surface area contributed by atoms with E-state index in [0.29, 0.717) is 30.8 Å². The Balaban J connectivity index is 1.54. The topological polar surface area (TPSA) is 62.2 Å². The van der Waals surface area contributed by atoms with Crippen molar-refractivity contribution in [1.82, 2.24) is 9.91 Å². The minimum Gasteiger partial charge on any atom is -0.466 e. The number of carbonyl (C=O) groups is 2. The SMILES string of the molecule is CCOC(=O)[C@H]1CCCN(CC(=O)N2N=C(c3cccc(F)c3)C[C@@H]2c2ccc(C)cc2)C1. The first-order chi connectivity index (χ1) is 15.9. The Labute approximate surface area is 194 Å². The molecule has 6 nitrogen and oxygen atoms in total. The van der Waals surface area contributed by atoms with Gasteiger partial charge in [0.15, 0.2) is 0 Å². The molecule has 7 heteroatoms. The maximum atomic E-state index is 13.8. The smallest absolute Gasteiger partial charge is 0.310 e. The first kappa shape index (κ1) is 23.1. The second-order valence-corrected chi connectivity index (χ2v) is 8.75. The largest absolute Gasteiger partial charge is 0.466 e. The van der Waals surface area contributed by atoms with Crippen molar-refractivity contribution in [3.8, 4) is 0 Å². The monoisotopic (exact) mass is 451 g/mol. The lowest BCUT2D eigenvalue weighted by atomic mass is 9.97. The fourth-order valence-electron chi connectivity index (χ4n) is 4.55. The molecule has 2 aliphatic heterocycles. The Morgan fingerprint density at radius 3 is 2.70 bits per heavy atom. The molecular formula is C26H30FN3O3. The van der Waals surface area contributed by atoms with Crippen LogP contribution in [-0.2, 0) is 14.3 Å². The first-order valence-electron chi connectivity index (χ1n) is 11.6. The summed E-state index contributed by atoms with van der Waals surface area (Å²) in [6.45, 7) is 5.62. The molecule has 0 aliphatic carbocycles. The maximum Gasteiger partial charge on any atom is 0.310 e. The fourth-order valence-corrected chi connectivity index (χ4v) is 4.55. The van der Waals surface area contributed by atoms with Gasteiger partial charge < -0.3 is 4.74 Å². The van der Waals surface area contributed by atoms with Gasteiger partial charge >= 0.3 is 5.97 Å². The summed E-state index contributed by atoms with van der Waals surface area (Å²) >= 11 is 0. The molecule has 33 heavy (non-hydrogen) atoms. The van der Waals surface area contributed by atoms with E-state index in [4.69, 9.17) is 4.74 Å². The van der Waals surface area contributed by atoms with Crippen LogP contribution in [0.3, 0.4) is 0 Å². The fraction of sp³-hybridized carbons (Fsp3) is 0.423. The number of likely N-dealkylation sites (tertiary alicyclic amines) is 1. The van der Waals surface area contributed by atoms with Gasteiger partial charge in [-0.25, -0.2) is 9.40 Å².